The van der Waals surface area contributed by atoms with Gasteiger partial charge >= 0.3 is 5.97 Å². The average Bonchev–Trinajstić information content (AvgIpc) is 3.06. The van der Waals surface area contributed by atoms with Gasteiger partial charge < -0.3 is 15.0 Å². The minimum absolute atomic E-state index is 0.160. The van der Waals surface area contributed by atoms with Gasteiger partial charge in [-0.25, -0.2) is 9.18 Å². The zero-order valence-electron chi connectivity index (χ0n) is 16.0. The maximum absolute atomic E-state index is 13.1. The van der Waals surface area contributed by atoms with Crippen LogP contribution < -0.4 is 5.32 Å². The third kappa shape index (κ3) is 5.16. The van der Waals surface area contributed by atoms with Crippen LogP contribution in [0.15, 0.2) is 48.5 Å². The van der Waals surface area contributed by atoms with Crippen molar-refractivity contribution in [2.75, 3.05) is 13.7 Å². The molecule has 1 N–H and O–H groups in total. The fraction of sp³-hybridized carbons (Fsp3) is 0.364. The highest BCUT2D eigenvalue weighted by atomic mass is 19.1. The predicted molar refractivity (Wildman–Crippen MR) is 104 cm³/mol. The Morgan fingerprint density at radius 3 is 2.50 bits per heavy atom. The lowest BCUT2D eigenvalue weighted by molar-refractivity contribution is -0.129. The highest BCUT2D eigenvalue weighted by Gasteiger charge is 2.30. The van der Waals surface area contributed by atoms with E-state index < -0.39 is 0 Å². The van der Waals surface area contributed by atoms with E-state index in [2.05, 4.69) is 5.32 Å². The van der Waals surface area contributed by atoms with Crippen LogP contribution in [-0.2, 0) is 22.6 Å². The number of ether oxygens (including phenoxy) is 1. The molecule has 0 aliphatic carbocycles. The van der Waals surface area contributed by atoms with E-state index in [1.807, 2.05) is 17.0 Å². The van der Waals surface area contributed by atoms with Crippen LogP contribution in [-0.4, -0.2) is 36.5 Å². The third-order valence-corrected chi connectivity index (χ3v) is 5.08. The molecular weight excluding hydrogens is 359 g/mol. The van der Waals surface area contributed by atoms with Gasteiger partial charge in [0, 0.05) is 25.6 Å². The number of nitrogens with one attached hydrogen (secondary N) is 1. The Labute approximate surface area is 164 Å². The smallest absolute Gasteiger partial charge is 0.337 e. The highest BCUT2D eigenvalue weighted by Crippen LogP contribution is 2.23. The van der Waals surface area contributed by atoms with Gasteiger partial charge in [-0.05, 0) is 54.8 Å². The number of hydrogen-bond acceptors (Lipinski definition) is 4. The zero-order chi connectivity index (χ0) is 19.9. The Kier molecular flexibility index (Phi) is 6.76. The number of carbonyl (C=O) groups excluding carboxylic acids is 2. The summed E-state index contributed by atoms with van der Waals surface area (Å²) in [5.41, 5.74) is 2.56. The number of hydrogen-bond donors (Lipinski definition) is 1. The van der Waals surface area contributed by atoms with Gasteiger partial charge in [0.15, 0.2) is 0 Å². The quantitative estimate of drug-likeness (QED) is 0.561. The van der Waals surface area contributed by atoms with Crippen molar-refractivity contribution in [1.82, 2.24) is 10.2 Å². The number of likely N-dealkylation sites (tertiary alicyclic amines) is 1. The second-order valence-corrected chi connectivity index (χ2v) is 6.99. The minimum Gasteiger partial charge on any atom is -0.465 e. The summed E-state index contributed by atoms with van der Waals surface area (Å²) in [6.45, 7) is 2.01. The first-order chi connectivity index (χ1) is 13.6. The summed E-state index contributed by atoms with van der Waals surface area (Å²) < 4.78 is 17.8. The molecule has 1 atom stereocenters. The molecule has 0 radical (unpaired) electrons. The first kappa shape index (κ1) is 20.0. The van der Waals surface area contributed by atoms with Crippen molar-refractivity contribution in [3.05, 3.63) is 71.0 Å². The summed E-state index contributed by atoms with van der Waals surface area (Å²) in [6.07, 6.45) is 2.30. The number of esters is 1. The fourth-order valence-electron chi connectivity index (χ4n) is 3.48. The molecule has 1 amide bonds. The van der Waals surface area contributed by atoms with Gasteiger partial charge in [0.1, 0.15) is 5.82 Å². The number of nitrogens with zero attached hydrogens (tertiary/aromatic N) is 1. The molecule has 2 aromatic carbocycles. The second-order valence-electron chi connectivity index (χ2n) is 6.99. The maximum atomic E-state index is 13.1. The molecule has 3 rings (SSSR count). The van der Waals surface area contributed by atoms with E-state index in [1.54, 1.807) is 24.3 Å². The Balaban J connectivity index is 1.46. The first-order valence-corrected chi connectivity index (χ1v) is 9.48. The van der Waals surface area contributed by atoms with E-state index in [4.69, 9.17) is 4.74 Å². The van der Waals surface area contributed by atoms with Crippen LogP contribution in [0.2, 0.25) is 0 Å². The summed E-state index contributed by atoms with van der Waals surface area (Å²) in [6, 6.07) is 13.8. The number of halogens is 1. The predicted octanol–water partition coefficient (Wildman–Crippen LogP) is 3.28. The van der Waals surface area contributed by atoms with Crippen molar-refractivity contribution in [1.29, 1.82) is 0 Å². The molecule has 0 saturated carbocycles. The molecule has 28 heavy (non-hydrogen) atoms. The van der Waals surface area contributed by atoms with Crippen molar-refractivity contribution in [2.24, 2.45) is 0 Å². The van der Waals surface area contributed by atoms with E-state index >= 15 is 0 Å². The summed E-state index contributed by atoms with van der Waals surface area (Å²) in [5.74, 6) is -0.448. The lowest BCUT2D eigenvalue weighted by Gasteiger charge is -2.25. The highest BCUT2D eigenvalue weighted by molar-refractivity contribution is 5.89. The molecule has 6 heteroatoms. The van der Waals surface area contributed by atoms with E-state index in [-0.39, 0.29) is 23.7 Å². The van der Waals surface area contributed by atoms with Crippen molar-refractivity contribution in [3.8, 4) is 0 Å². The van der Waals surface area contributed by atoms with Crippen LogP contribution in [0.5, 0.6) is 0 Å². The average molecular weight is 384 g/mol. The number of carbonyl (C=O) groups is 2. The molecule has 0 aromatic heterocycles. The topological polar surface area (TPSA) is 58.6 Å². The Morgan fingerprint density at radius 1 is 1.14 bits per heavy atom. The van der Waals surface area contributed by atoms with E-state index in [0.29, 0.717) is 25.1 Å². The van der Waals surface area contributed by atoms with E-state index in [1.165, 1.54) is 19.2 Å². The molecule has 1 aliphatic rings. The van der Waals surface area contributed by atoms with Crippen LogP contribution in [0.1, 0.15) is 40.7 Å². The van der Waals surface area contributed by atoms with Crippen LogP contribution >= 0.6 is 0 Å². The Bertz CT molecular complexity index is 806. The Morgan fingerprint density at radius 2 is 1.82 bits per heavy atom. The molecule has 148 valence electrons. The monoisotopic (exact) mass is 384 g/mol. The molecular formula is C22H25FN2O3. The molecule has 2 aromatic rings. The largest absolute Gasteiger partial charge is 0.465 e. The van der Waals surface area contributed by atoms with Gasteiger partial charge in [-0.3, -0.25) is 4.79 Å². The van der Waals surface area contributed by atoms with Gasteiger partial charge in [0.25, 0.3) is 0 Å². The molecule has 1 aliphatic heterocycles. The van der Waals surface area contributed by atoms with Crippen LogP contribution in [0.25, 0.3) is 0 Å². The van der Waals surface area contributed by atoms with Crippen molar-refractivity contribution in [3.63, 3.8) is 0 Å². The lowest BCUT2D eigenvalue weighted by Crippen LogP contribution is -2.34. The molecule has 1 fully saturated rings. The number of amides is 1. The number of benzene rings is 2. The van der Waals surface area contributed by atoms with Gasteiger partial charge in [-0.1, -0.05) is 24.3 Å². The normalized spacial score (nSPS) is 16.4. The molecule has 1 saturated heterocycles. The molecule has 5 nitrogen and oxygen atoms in total. The molecule has 1 heterocycles. The summed E-state index contributed by atoms with van der Waals surface area (Å²) in [7, 11) is 1.37. The maximum Gasteiger partial charge on any atom is 0.337 e. The number of methoxy groups -OCH3 is 1. The second kappa shape index (κ2) is 9.46. The van der Waals surface area contributed by atoms with Gasteiger partial charge in [-0.15, -0.1) is 0 Å². The van der Waals surface area contributed by atoms with Crippen LogP contribution in [0.3, 0.4) is 0 Å². The van der Waals surface area contributed by atoms with Gasteiger partial charge in [0.05, 0.1) is 12.7 Å². The lowest BCUT2D eigenvalue weighted by atomic mass is 10.1. The zero-order valence-corrected chi connectivity index (χ0v) is 16.0. The summed E-state index contributed by atoms with van der Waals surface area (Å²) in [5, 5.41) is 3.39. The van der Waals surface area contributed by atoms with Crippen molar-refractivity contribution >= 4 is 11.9 Å². The summed E-state index contributed by atoms with van der Waals surface area (Å²) >= 11 is 0. The Hall–Kier alpha value is -2.73. The van der Waals surface area contributed by atoms with Crippen LogP contribution in [0.4, 0.5) is 4.39 Å². The van der Waals surface area contributed by atoms with Crippen molar-refractivity contribution < 1.29 is 18.7 Å². The fourth-order valence-corrected chi connectivity index (χ4v) is 3.48. The van der Waals surface area contributed by atoms with Gasteiger partial charge in [-0.2, -0.15) is 0 Å². The first-order valence-electron chi connectivity index (χ1n) is 9.48. The molecule has 1 unspecified atom stereocenters. The SMILES string of the molecule is COC(=O)c1ccc(CNCCC2CCC(=O)N2Cc2ccc(F)cc2)cc1. The number of rotatable bonds is 8. The summed E-state index contributed by atoms with van der Waals surface area (Å²) in [4.78, 5) is 25.6. The van der Waals surface area contributed by atoms with Gasteiger partial charge in [0.2, 0.25) is 5.91 Å². The molecule has 0 spiro atoms. The van der Waals surface area contributed by atoms with Crippen LogP contribution in [0, 0.1) is 5.82 Å². The van der Waals surface area contributed by atoms with E-state index in [9.17, 15) is 14.0 Å². The van der Waals surface area contributed by atoms with E-state index in [0.717, 1.165) is 30.5 Å². The standard InChI is InChI=1S/C22H25FN2O3/c1-28-22(27)18-6-2-16(3-7-18)14-24-13-12-20-10-11-21(26)25(20)15-17-4-8-19(23)9-5-17/h2-9,20,24H,10-15H2,1H3. The minimum atomic E-state index is -0.341. The molecule has 0 bridgehead atoms. The van der Waals surface area contributed by atoms with Crippen molar-refractivity contribution in [2.45, 2.75) is 38.4 Å². The third-order valence-electron chi connectivity index (χ3n) is 5.08.